The van der Waals surface area contributed by atoms with Crippen molar-refractivity contribution in [1.82, 2.24) is 10.3 Å². The molecule has 3 rings (SSSR count). The van der Waals surface area contributed by atoms with Crippen molar-refractivity contribution in [3.63, 3.8) is 0 Å². The van der Waals surface area contributed by atoms with E-state index in [9.17, 15) is 13.2 Å². The van der Waals surface area contributed by atoms with E-state index in [-0.39, 0.29) is 22.6 Å². The van der Waals surface area contributed by atoms with E-state index in [1.54, 1.807) is 23.5 Å². The van der Waals surface area contributed by atoms with Crippen molar-refractivity contribution in [2.75, 3.05) is 5.75 Å². The molecule has 1 unspecified atom stereocenters. The van der Waals surface area contributed by atoms with E-state index in [4.69, 9.17) is 5.14 Å². The molecule has 2 aromatic carbocycles. The number of carbonyl (C=O) groups is 1. The summed E-state index contributed by atoms with van der Waals surface area (Å²) in [6, 6.07) is 13.8. The number of nitrogens with two attached hydrogens (primary N) is 1. The molecule has 0 aliphatic carbocycles. The predicted molar refractivity (Wildman–Crippen MR) is 105 cm³/mol. The first kappa shape index (κ1) is 18.8. The highest BCUT2D eigenvalue weighted by Crippen LogP contribution is 2.29. The molecule has 0 aliphatic heterocycles. The van der Waals surface area contributed by atoms with Crippen molar-refractivity contribution in [3.8, 4) is 0 Å². The number of primary sulfonamides is 1. The van der Waals surface area contributed by atoms with Crippen LogP contribution in [0, 0.1) is 0 Å². The zero-order chi connectivity index (χ0) is 18.7. The molecule has 0 radical (unpaired) electrons. The molecule has 0 fully saturated rings. The molecule has 0 saturated heterocycles. The molecule has 3 N–H and O–H groups in total. The van der Waals surface area contributed by atoms with E-state index >= 15 is 0 Å². The SMILES string of the molecule is CC(NC(=O)CSc1nc2ccccc2s1)c1ccc(S(N)(=O)=O)cc1. The quantitative estimate of drug-likeness (QED) is 0.612. The fraction of sp³-hybridized carbons (Fsp3) is 0.176. The number of thiazole rings is 1. The highest BCUT2D eigenvalue weighted by molar-refractivity contribution is 8.01. The third-order valence-electron chi connectivity index (χ3n) is 3.69. The smallest absolute Gasteiger partial charge is 0.238 e. The molecule has 136 valence electrons. The van der Waals surface area contributed by atoms with Gasteiger partial charge in [0, 0.05) is 0 Å². The number of hydrogen-bond acceptors (Lipinski definition) is 6. The van der Waals surface area contributed by atoms with Crippen molar-refractivity contribution in [3.05, 3.63) is 54.1 Å². The molecule has 9 heteroatoms. The van der Waals surface area contributed by atoms with Crippen LogP contribution >= 0.6 is 23.1 Å². The van der Waals surface area contributed by atoms with Gasteiger partial charge in [-0.2, -0.15) is 0 Å². The molecule has 0 saturated carbocycles. The molecule has 0 bridgehead atoms. The van der Waals surface area contributed by atoms with Gasteiger partial charge >= 0.3 is 0 Å². The van der Waals surface area contributed by atoms with Crippen molar-refractivity contribution < 1.29 is 13.2 Å². The molecule has 6 nitrogen and oxygen atoms in total. The van der Waals surface area contributed by atoms with Crippen LogP contribution in [0.15, 0.2) is 57.8 Å². The minimum atomic E-state index is -3.72. The number of para-hydroxylation sites is 1. The fourth-order valence-electron chi connectivity index (χ4n) is 2.35. The normalized spacial score (nSPS) is 12.8. The van der Waals surface area contributed by atoms with Crippen molar-refractivity contribution in [1.29, 1.82) is 0 Å². The lowest BCUT2D eigenvalue weighted by Gasteiger charge is -2.14. The van der Waals surface area contributed by atoms with Gasteiger partial charge in [0.2, 0.25) is 15.9 Å². The standard InChI is InChI=1S/C17H17N3O3S3/c1-11(12-6-8-13(9-7-12)26(18,22)23)19-16(21)10-24-17-20-14-4-2-3-5-15(14)25-17/h2-9,11H,10H2,1H3,(H,19,21)(H2,18,22,23). The van der Waals surface area contributed by atoms with Gasteiger partial charge in [-0.05, 0) is 36.8 Å². The molecule has 0 aliphatic rings. The van der Waals surface area contributed by atoms with Crippen LogP contribution < -0.4 is 10.5 Å². The summed E-state index contributed by atoms with van der Waals surface area (Å²) in [5, 5.41) is 7.98. The lowest BCUT2D eigenvalue weighted by atomic mass is 10.1. The predicted octanol–water partition coefficient (Wildman–Crippen LogP) is 2.91. The Balaban J connectivity index is 1.57. The summed E-state index contributed by atoms with van der Waals surface area (Å²) < 4.78 is 24.5. The number of sulfonamides is 1. The summed E-state index contributed by atoms with van der Waals surface area (Å²) in [7, 11) is -3.72. The number of hydrogen-bond donors (Lipinski definition) is 2. The van der Waals surface area contributed by atoms with Crippen molar-refractivity contribution >= 4 is 49.2 Å². The number of amides is 1. The van der Waals surface area contributed by atoms with Crippen LogP contribution in [0.1, 0.15) is 18.5 Å². The van der Waals surface area contributed by atoms with Gasteiger partial charge < -0.3 is 5.32 Å². The van der Waals surface area contributed by atoms with Crippen LogP contribution in [0.5, 0.6) is 0 Å². The minimum Gasteiger partial charge on any atom is -0.349 e. The Hall–Kier alpha value is -1.94. The number of benzene rings is 2. The molecule has 26 heavy (non-hydrogen) atoms. The van der Waals surface area contributed by atoms with E-state index in [1.807, 2.05) is 31.2 Å². The van der Waals surface area contributed by atoms with Crippen LogP contribution in [0.2, 0.25) is 0 Å². The van der Waals surface area contributed by atoms with Gasteiger partial charge in [-0.1, -0.05) is 36.0 Å². The maximum Gasteiger partial charge on any atom is 0.238 e. The zero-order valence-electron chi connectivity index (χ0n) is 13.9. The van der Waals surface area contributed by atoms with E-state index in [0.29, 0.717) is 0 Å². The van der Waals surface area contributed by atoms with E-state index < -0.39 is 10.0 Å². The molecular weight excluding hydrogens is 390 g/mol. The first-order chi connectivity index (χ1) is 12.3. The zero-order valence-corrected chi connectivity index (χ0v) is 16.3. The molecule has 1 heterocycles. The Morgan fingerprint density at radius 1 is 1.23 bits per heavy atom. The monoisotopic (exact) mass is 407 g/mol. The highest BCUT2D eigenvalue weighted by Gasteiger charge is 2.13. The highest BCUT2D eigenvalue weighted by atomic mass is 32.2. The summed E-state index contributed by atoms with van der Waals surface area (Å²) in [5.74, 6) is 0.150. The van der Waals surface area contributed by atoms with E-state index in [2.05, 4.69) is 10.3 Å². The molecule has 1 amide bonds. The summed E-state index contributed by atoms with van der Waals surface area (Å²) >= 11 is 2.96. The third-order valence-corrected chi connectivity index (χ3v) is 6.80. The van der Waals surface area contributed by atoms with Gasteiger partial charge in [0.05, 0.1) is 26.9 Å². The first-order valence-electron chi connectivity index (χ1n) is 7.73. The second-order valence-corrected chi connectivity index (χ2v) is 9.45. The summed E-state index contributed by atoms with van der Waals surface area (Å²) in [6.45, 7) is 1.84. The Morgan fingerprint density at radius 3 is 2.58 bits per heavy atom. The Labute approximate surface area is 159 Å². The van der Waals surface area contributed by atoms with Gasteiger partial charge in [0.25, 0.3) is 0 Å². The van der Waals surface area contributed by atoms with Gasteiger partial charge in [-0.25, -0.2) is 18.5 Å². The second-order valence-electron chi connectivity index (χ2n) is 5.64. The van der Waals surface area contributed by atoms with Gasteiger partial charge in [0.15, 0.2) is 4.34 Å². The van der Waals surface area contributed by atoms with E-state index in [1.165, 1.54) is 23.9 Å². The maximum atomic E-state index is 12.2. The van der Waals surface area contributed by atoms with Crippen LogP contribution in [0.25, 0.3) is 10.2 Å². The summed E-state index contributed by atoms with van der Waals surface area (Å²) in [4.78, 5) is 16.7. The number of nitrogens with one attached hydrogen (secondary N) is 1. The topological polar surface area (TPSA) is 102 Å². The molecule has 1 aromatic heterocycles. The summed E-state index contributed by atoms with van der Waals surface area (Å²) in [6.07, 6.45) is 0. The lowest BCUT2D eigenvalue weighted by Crippen LogP contribution is -2.28. The number of thioether (sulfide) groups is 1. The van der Waals surface area contributed by atoms with Crippen molar-refractivity contribution in [2.45, 2.75) is 22.2 Å². The van der Waals surface area contributed by atoms with Gasteiger partial charge in [-0.15, -0.1) is 11.3 Å². The number of aromatic nitrogens is 1. The number of carbonyl (C=O) groups excluding carboxylic acids is 1. The number of rotatable bonds is 6. The average molecular weight is 408 g/mol. The largest absolute Gasteiger partial charge is 0.349 e. The Morgan fingerprint density at radius 2 is 1.92 bits per heavy atom. The maximum absolute atomic E-state index is 12.2. The lowest BCUT2D eigenvalue weighted by molar-refractivity contribution is -0.119. The fourth-order valence-corrected chi connectivity index (χ4v) is 4.75. The molecule has 3 aromatic rings. The van der Waals surface area contributed by atoms with Gasteiger partial charge in [-0.3, -0.25) is 4.79 Å². The van der Waals surface area contributed by atoms with Crippen LogP contribution in [0.4, 0.5) is 0 Å². The average Bonchev–Trinajstić information content (AvgIpc) is 3.02. The van der Waals surface area contributed by atoms with Crippen LogP contribution in [-0.2, 0) is 14.8 Å². The number of nitrogens with zero attached hydrogens (tertiary/aromatic N) is 1. The van der Waals surface area contributed by atoms with E-state index in [0.717, 1.165) is 20.1 Å². The van der Waals surface area contributed by atoms with Crippen LogP contribution in [-0.4, -0.2) is 25.1 Å². The molecule has 1 atom stereocenters. The van der Waals surface area contributed by atoms with Crippen molar-refractivity contribution in [2.24, 2.45) is 5.14 Å². The van der Waals surface area contributed by atoms with Gasteiger partial charge in [0.1, 0.15) is 0 Å². The first-order valence-corrected chi connectivity index (χ1v) is 11.1. The minimum absolute atomic E-state index is 0.0474. The second kappa shape index (κ2) is 7.75. The van der Waals surface area contributed by atoms with Crippen LogP contribution in [0.3, 0.4) is 0 Å². The number of fused-ring (bicyclic) bond motifs is 1. The molecule has 0 spiro atoms. The Bertz CT molecular complexity index is 997. The third kappa shape index (κ3) is 4.61. The summed E-state index contributed by atoms with van der Waals surface area (Å²) in [5.41, 5.74) is 1.74. The Kier molecular flexibility index (Phi) is 5.61. The molecular formula is C17H17N3O3S3.